The lowest BCUT2D eigenvalue weighted by Gasteiger charge is -2.16. The number of alkyl halides is 2. The van der Waals surface area contributed by atoms with E-state index in [0.29, 0.717) is 18.1 Å². The van der Waals surface area contributed by atoms with E-state index >= 15 is 0 Å². The lowest BCUT2D eigenvalue weighted by atomic mass is 9.98. The first kappa shape index (κ1) is 23.9. The predicted molar refractivity (Wildman–Crippen MR) is 121 cm³/mol. The van der Waals surface area contributed by atoms with Crippen LogP contribution in [0, 0.1) is 6.08 Å². The van der Waals surface area contributed by atoms with Crippen LogP contribution in [0.2, 0.25) is 5.02 Å². The maximum atomic E-state index is 14.3. The number of nitrogens with zero attached hydrogens (tertiary/aromatic N) is 3. The maximum Gasteiger partial charge on any atom is 0.309 e. The van der Waals surface area contributed by atoms with Gasteiger partial charge in [-0.3, -0.25) is 0 Å². The Morgan fingerprint density at radius 1 is 1.09 bits per heavy atom. The molecule has 4 aromatic rings. The molecule has 0 amide bonds. The Morgan fingerprint density at radius 2 is 1.82 bits per heavy atom. The highest BCUT2D eigenvalue weighted by molar-refractivity contribution is 7.90. The maximum absolute atomic E-state index is 14.3. The first-order chi connectivity index (χ1) is 16.0. The first-order valence-electron chi connectivity index (χ1n) is 9.86. The molecule has 0 fully saturated rings. The molecule has 4 rings (SSSR count). The number of halogens is 4. The van der Waals surface area contributed by atoms with Crippen LogP contribution in [-0.4, -0.2) is 30.5 Å². The minimum Gasteiger partial charge on any atom is -0.481 e. The molecule has 6 nitrogen and oxygen atoms in total. The quantitative estimate of drug-likeness (QED) is 0.317. The molecule has 0 N–H and O–H groups in total. The van der Waals surface area contributed by atoms with Gasteiger partial charge in [-0.25, -0.2) is 32.2 Å². The number of sulfone groups is 1. The lowest BCUT2D eigenvalue weighted by molar-refractivity contribution is 0.0189. The van der Waals surface area contributed by atoms with Gasteiger partial charge >= 0.3 is 6.08 Å². The van der Waals surface area contributed by atoms with Crippen LogP contribution in [0.1, 0.15) is 18.2 Å². The second-order valence-corrected chi connectivity index (χ2v) is 9.90. The van der Waals surface area contributed by atoms with Gasteiger partial charge in [-0.05, 0) is 42.0 Å². The molecule has 0 radical (unpaired) electrons. The molecule has 2 aromatic heterocycles. The van der Waals surface area contributed by atoms with E-state index in [4.69, 9.17) is 16.3 Å². The Labute approximate surface area is 198 Å². The third-order valence-corrected chi connectivity index (χ3v) is 7.20. The number of hydrogen-bond donors (Lipinski definition) is 0. The molecule has 0 saturated heterocycles. The standard InChI is InChI=1S/C23H17ClF3N3O3S/c1-23(26,27)17-10-13(9-14-11-28-22(25)30-20(14)17)16-8-7-15(29-21(16)33-2)12-34(31,32)19-6-4-3-5-18(19)24/h3-11H,12H2,1-2H3. The molecule has 0 aliphatic heterocycles. The van der Waals surface area contributed by atoms with Crippen LogP contribution in [-0.2, 0) is 21.5 Å². The summed E-state index contributed by atoms with van der Waals surface area (Å²) in [6, 6.07) is 11.7. The topological polar surface area (TPSA) is 82.0 Å². The summed E-state index contributed by atoms with van der Waals surface area (Å²) >= 11 is 6.03. The largest absolute Gasteiger partial charge is 0.481 e. The summed E-state index contributed by atoms with van der Waals surface area (Å²) in [6.45, 7) is 0.684. The van der Waals surface area contributed by atoms with Crippen molar-refractivity contribution in [3.8, 4) is 17.0 Å². The minimum absolute atomic E-state index is 0.0274. The molecule has 2 heterocycles. The lowest BCUT2D eigenvalue weighted by Crippen LogP contribution is -2.10. The second kappa shape index (κ2) is 8.84. The van der Waals surface area contributed by atoms with E-state index in [1.165, 1.54) is 43.5 Å². The van der Waals surface area contributed by atoms with Crippen LogP contribution in [0.3, 0.4) is 0 Å². The molecular formula is C23H17ClF3N3O3S. The molecule has 2 aromatic carbocycles. The van der Waals surface area contributed by atoms with E-state index in [2.05, 4.69) is 15.0 Å². The summed E-state index contributed by atoms with van der Waals surface area (Å²) in [6.07, 6.45) is -0.00463. The van der Waals surface area contributed by atoms with Gasteiger partial charge in [0.25, 0.3) is 5.92 Å². The molecule has 0 bridgehead atoms. The zero-order chi connectivity index (χ0) is 24.7. The molecule has 11 heteroatoms. The number of aromatic nitrogens is 3. The van der Waals surface area contributed by atoms with Crippen LogP contribution in [0.15, 0.2) is 59.6 Å². The summed E-state index contributed by atoms with van der Waals surface area (Å²) in [5.74, 6) is -3.74. The van der Waals surface area contributed by atoms with E-state index in [1.54, 1.807) is 12.1 Å². The van der Waals surface area contributed by atoms with Crippen LogP contribution >= 0.6 is 11.6 Å². The van der Waals surface area contributed by atoms with Gasteiger partial charge in [0.05, 0.1) is 34.0 Å². The summed E-state index contributed by atoms with van der Waals surface area (Å²) in [4.78, 5) is 11.2. The normalized spacial score (nSPS) is 12.2. The number of pyridine rings is 1. The van der Waals surface area contributed by atoms with Gasteiger partial charge in [0.1, 0.15) is 0 Å². The molecule has 0 aliphatic carbocycles. The first-order valence-corrected chi connectivity index (χ1v) is 11.9. The van der Waals surface area contributed by atoms with Crippen molar-refractivity contribution in [3.05, 3.63) is 77.1 Å². The number of rotatable bonds is 6. The van der Waals surface area contributed by atoms with Crippen molar-refractivity contribution in [2.45, 2.75) is 23.5 Å². The highest BCUT2D eigenvalue weighted by atomic mass is 35.5. The number of methoxy groups -OCH3 is 1. The third kappa shape index (κ3) is 4.69. The summed E-state index contributed by atoms with van der Waals surface area (Å²) in [7, 11) is -2.48. The smallest absolute Gasteiger partial charge is 0.309 e. The van der Waals surface area contributed by atoms with Crippen LogP contribution < -0.4 is 4.74 Å². The molecule has 0 spiro atoms. The Hall–Kier alpha value is -3.24. The van der Waals surface area contributed by atoms with E-state index in [9.17, 15) is 21.6 Å². The zero-order valence-electron chi connectivity index (χ0n) is 17.9. The zero-order valence-corrected chi connectivity index (χ0v) is 19.5. The molecule has 0 aliphatic rings. The van der Waals surface area contributed by atoms with Crippen molar-refractivity contribution in [2.75, 3.05) is 7.11 Å². The number of fused-ring (bicyclic) bond motifs is 1. The molecule has 176 valence electrons. The molecular weight excluding hydrogens is 491 g/mol. The average molecular weight is 508 g/mol. The summed E-state index contributed by atoms with van der Waals surface area (Å²) in [5, 5.41) is 0.289. The van der Waals surface area contributed by atoms with Gasteiger partial charge in [-0.2, -0.15) is 4.39 Å². The van der Waals surface area contributed by atoms with Crippen molar-refractivity contribution < 1.29 is 26.3 Å². The number of hydrogen-bond acceptors (Lipinski definition) is 6. The minimum atomic E-state index is -3.81. The van der Waals surface area contributed by atoms with Gasteiger partial charge in [-0.15, -0.1) is 0 Å². The van der Waals surface area contributed by atoms with Gasteiger partial charge in [0.2, 0.25) is 5.88 Å². The van der Waals surface area contributed by atoms with Crippen LogP contribution in [0.5, 0.6) is 5.88 Å². The average Bonchev–Trinajstić information content (AvgIpc) is 2.77. The fourth-order valence-corrected chi connectivity index (χ4v) is 5.36. The van der Waals surface area contributed by atoms with Crippen molar-refractivity contribution in [3.63, 3.8) is 0 Å². The highest BCUT2D eigenvalue weighted by Gasteiger charge is 2.29. The van der Waals surface area contributed by atoms with Crippen LogP contribution in [0.25, 0.3) is 22.0 Å². The fraction of sp³-hybridized carbons (Fsp3) is 0.174. The van der Waals surface area contributed by atoms with E-state index < -0.39 is 33.2 Å². The van der Waals surface area contributed by atoms with Gasteiger partial charge in [-0.1, -0.05) is 23.7 Å². The van der Waals surface area contributed by atoms with E-state index in [1.807, 2.05) is 0 Å². The van der Waals surface area contributed by atoms with Crippen molar-refractivity contribution in [2.24, 2.45) is 0 Å². The van der Waals surface area contributed by atoms with Gasteiger partial charge in [0, 0.05) is 29.6 Å². The van der Waals surface area contributed by atoms with E-state index in [0.717, 1.165) is 6.20 Å². The predicted octanol–water partition coefficient (Wildman–Crippen LogP) is 5.58. The third-order valence-electron chi connectivity index (χ3n) is 5.06. The highest BCUT2D eigenvalue weighted by Crippen LogP contribution is 2.38. The Balaban J connectivity index is 1.80. The molecule has 34 heavy (non-hydrogen) atoms. The van der Waals surface area contributed by atoms with Crippen molar-refractivity contribution >= 4 is 32.3 Å². The molecule has 0 unspecified atom stereocenters. The number of ether oxygens (including phenoxy) is 1. The Kier molecular flexibility index (Phi) is 6.22. The van der Waals surface area contributed by atoms with Crippen molar-refractivity contribution in [1.82, 2.24) is 15.0 Å². The summed E-state index contributed by atoms with van der Waals surface area (Å²) < 4.78 is 73.1. The molecule has 0 atom stereocenters. The Morgan fingerprint density at radius 3 is 2.50 bits per heavy atom. The van der Waals surface area contributed by atoms with E-state index in [-0.39, 0.29) is 32.4 Å². The fourth-order valence-electron chi connectivity index (χ4n) is 3.52. The van der Waals surface area contributed by atoms with Gasteiger partial charge < -0.3 is 4.74 Å². The van der Waals surface area contributed by atoms with Crippen LogP contribution in [0.4, 0.5) is 13.2 Å². The number of benzene rings is 2. The van der Waals surface area contributed by atoms with Crippen molar-refractivity contribution in [1.29, 1.82) is 0 Å². The molecule has 0 saturated carbocycles. The SMILES string of the molecule is COc1nc(CS(=O)(=O)c2ccccc2Cl)ccc1-c1cc(C(C)(F)F)c2nc(F)ncc2c1. The second-order valence-electron chi connectivity index (χ2n) is 7.54. The van der Waals surface area contributed by atoms with Gasteiger partial charge in [0.15, 0.2) is 9.84 Å². The monoisotopic (exact) mass is 507 g/mol. The Bertz CT molecular complexity index is 1510. The summed E-state index contributed by atoms with van der Waals surface area (Å²) in [5.41, 5.74) is 0.0989.